The Morgan fingerprint density at radius 2 is 2.15 bits per heavy atom. The largest absolute Gasteiger partial charge is 0.467 e. The molecular formula is C16H18FNO2. The van der Waals surface area contributed by atoms with E-state index < -0.39 is 6.10 Å². The van der Waals surface area contributed by atoms with Crippen LogP contribution in [-0.4, -0.2) is 11.1 Å². The van der Waals surface area contributed by atoms with Crippen LogP contribution in [0.15, 0.2) is 41.0 Å². The van der Waals surface area contributed by atoms with E-state index in [1.54, 1.807) is 25.3 Å². The molecule has 0 amide bonds. The molecule has 2 aromatic rings. The Kier molecular flexibility index (Phi) is 3.49. The van der Waals surface area contributed by atoms with E-state index in [1.165, 1.54) is 6.07 Å². The van der Waals surface area contributed by atoms with Crippen LogP contribution in [0.1, 0.15) is 37.2 Å². The van der Waals surface area contributed by atoms with Gasteiger partial charge in [0.05, 0.1) is 24.6 Å². The Labute approximate surface area is 117 Å². The number of rotatable bonds is 5. The van der Waals surface area contributed by atoms with Gasteiger partial charge in [0.1, 0.15) is 11.6 Å². The lowest BCUT2D eigenvalue weighted by Crippen LogP contribution is -2.27. The number of aliphatic hydroxyl groups excluding tert-OH is 1. The second kappa shape index (κ2) is 5.29. The van der Waals surface area contributed by atoms with Gasteiger partial charge in [-0.05, 0) is 38.0 Å². The van der Waals surface area contributed by atoms with Crippen LogP contribution in [0.3, 0.4) is 0 Å². The topological polar surface area (TPSA) is 36.6 Å². The van der Waals surface area contributed by atoms with Crippen LogP contribution in [0.2, 0.25) is 0 Å². The van der Waals surface area contributed by atoms with Gasteiger partial charge in [-0.3, -0.25) is 0 Å². The second-order valence-corrected chi connectivity index (χ2v) is 5.29. The molecule has 106 valence electrons. The molecule has 1 heterocycles. The molecule has 1 aromatic heterocycles. The van der Waals surface area contributed by atoms with E-state index in [-0.39, 0.29) is 5.82 Å². The Morgan fingerprint density at radius 1 is 1.35 bits per heavy atom. The maximum Gasteiger partial charge on any atom is 0.146 e. The predicted octanol–water partition coefficient (Wildman–Crippen LogP) is 3.64. The summed E-state index contributed by atoms with van der Waals surface area (Å²) in [5.74, 6) is 0.513. The number of para-hydroxylation sites is 1. The minimum Gasteiger partial charge on any atom is -0.467 e. The zero-order valence-corrected chi connectivity index (χ0v) is 11.4. The summed E-state index contributed by atoms with van der Waals surface area (Å²) in [6, 6.07) is 8.91. The number of nitrogens with zero attached hydrogens (tertiary/aromatic N) is 1. The van der Waals surface area contributed by atoms with Gasteiger partial charge in [-0.25, -0.2) is 4.39 Å². The van der Waals surface area contributed by atoms with E-state index in [9.17, 15) is 9.50 Å². The Balaban J connectivity index is 1.99. The molecule has 1 aromatic carbocycles. The molecule has 0 unspecified atom stereocenters. The molecule has 4 heteroatoms. The van der Waals surface area contributed by atoms with E-state index in [0.29, 0.717) is 23.8 Å². The Morgan fingerprint density at radius 3 is 2.75 bits per heavy atom. The molecule has 1 fully saturated rings. The average Bonchev–Trinajstić information content (AvgIpc) is 3.13. The first-order valence-corrected chi connectivity index (χ1v) is 6.92. The average molecular weight is 275 g/mol. The molecule has 1 N–H and O–H groups in total. The second-order valence-electron chi connectivity index (χ2n) is 5.29. The summed E-state index contributed by atoms with van der Waals surface area (Å²) in [5, 5.41) is 9.89. The van der Waals surface area contributed by atoms with Gasteiger partial charge in [0.25, 0.3) is 0 Å². The summed E-state index contributed by atoms with van der Waals surface area (Å²) >= 11 is 0. The maximum atomic E-state index is 14.3. The fourth-order valence-electron chi connectivity index (χ4n) is 2.52. The zero-order chi connectivity index (χ0) is 14.1. The summed E-state index contributed by atoms with van der Waals surface area (Å²) in [6.45, 7) is 2.19. The highest BCUT2D eigenvalue weighted by molar-refractivity contribution is 5.57. The van der Waals surface area contributed by atoms with Crippen LogP contribution >= 0.6 is 0 Å². The van der Waals surface area contributed by atoms with Gasteiger partial charge in [0.15, 0.2) is 0 Å². The van der Waals surface area contributed by atoms with Gasteiger partial charge in [-0.1, -0.05) is 12.1 Å². The van der Waals surface area contributed by atoms with Gasteiger partial charge in [0, 0.05) is 11.6 Å². The van der Waals surface area contributed by atoms with Crippen molar-refractivity contribution in [3.8, 4) is 0 Å². The molecule has 0 aliphatic heterocycles. The van der Waals surface area contributed by atoms with Gasteiger partial charge >= 0.3 is 0 Å². The lowest BCUT2D eigenvalue weighted by Gasteiger charge is -2.27. The molecule has 0 radical (unpaired) electrons. The number of hydrogen-bond donors (Lipinski definition) is 1. The van der Waals surface area contributed by atoms with Crippen molar-refractivity contribution >= 4 is 5.69 Å². The third-order valence-electron chi connectivity index (χ3n) is 3.65. The van der Waals surface area contributed by atoms with E-state index in [1.807, 2.05) is 17.0 Å². The minimum atomic E-state index is -0.696. The monoisotopic (exact) mass is 275 g/mol. The number of benzene rings is 1. The van der Waals surface area contributed by atoms with E-state index in [0.717, 1.165) is 18.6 Å². The van der Waals surface area contributed by atoms with E-state index >= 15 is 0 Å². The number of anilines is 1. The molecule has 0 saturated heterocycles. The molecule has 1 saturated carbocycles. The SMILES string of the molecule is C[C@H](O)c1cccc(F)c1N(Cc1ccco1)C1CC1. The highest BCUT2D eigenvalue weighted by Crippen LogP contribution is 2.38. The van der Waals surface area contributed by atoms with Crippen LogP contribution in [0.4, 0.5) is 10.1 Å². The van der Waals surface area contributed by atoms with Gasteiger partial charge in [0.2, 0.25) is 0 Å². The maximum absolute atomic E-state index is 14.3. The Bertz CT molecular complexity index is 576. The van der Waals surface area contributed by atoms with Crippen molar-refractivity contribution in [1.29, 1.82) is 0 Å². The normalized spacial score (nSPS) is 16.1. The molecule has 3 rings (SSSR count). The Hall–Kier alpha value is -1.81. The quantitative estimate of drug-likeness (QED) is 0.905. The summed E-state index contributed by atoms with van der Waals surface area (Å²) in [6.07, 6.45) is 3.03. The lowest BCUT2D eigenvalue weighted by molar-refractivity contribution is 0.199. The first kappa shape index (κ1) is 13.2. The van der Waals surface area contributed by atoms with Gasteiger partial charge in [-0.15, -0.1) is 0 Å². The zero-order valence-electron chi connectivity index (χ0n) is 11.4. The number of aliphatic hydroxyl groups is 1. The first-order chi connectivity index (χ1) is 9.66. The summed E-state index contributed by atoms with van der Waals surface area (Å²) in [4.78, 5) is 2.01. The van der Waals surface area contributed by atoms with E-state index in [2.05, 4.69) is 0 Å². The highest BCUT2D eigenvalue weighted by Gasteiger charge is 2.33. The third-order valence-corrected chi connectivity index (χ3v) is 3.65. The molecule has 1 aliphatic carbocycles. The number of halogens is 1. The highest BCUT2D eigenvalue weighted by atomic mass is 19.1. The van der Waals surface area contributed by atoms with Crippen molar-refractivity contribution < 1.29 is 13.9 Å². The lowest BCUT2D eigenvalue weighted by atomic mass is 10.1. The smallest absolute Gasteiger partial charge is 0.146 e. The van der Waals surface area contributed by atoms with Gasteiger partial charge < -0.3 is 14.4 Å². The fourth-order valence-corrected chi connectivity index (χ4v) is 2.52. The van der Waals surface area contributed by atoms with E-state index in [4.69, 9.17) is 4.42 Å². The van der Waals surface area contributed by atoms with Crippen molar-refractivity contribution in [3.63, 3.8) is 0 Å². The molecule has 1 atom stereocenters. The molecule has 3 nitrogen and oxygen atoms in total. The van der Waals surface area contributed by atoms with Crippen LogP contribution in [0.5, 0.6) is 0 Å². The standard InChI is InChI=1S/C16H18FNO2/c1-11(19)14-5-2-6-15(17)16(14)18(12-7-8-12)10-13-4-3-9-20-13/h2-6,9,11-12,19H,7-8,10H2,1H3/t11-/m0/s1. The molecule has 0 spiro atoms. The molecule has 0 bridgehead atoms. The number of hydrogen-bond acceptors (Lipinski definition) is 3. The molecule has 20 heavy (non-hydrogen) atoms. The van der Waals surface area contributed by atoms with Crippen LogP contribution < -0.4 is 4.90 Å². The number of furan rings is 1. The fraction of sp³-hybridized carbons (Fsp3) is 0.375. The summed E-state index contributed by atoms with van der Waals surface area (Å²) in [7, 11) is 0. The molecule has 1 aliphatic rings. The van der Waals surface area contributed by atoms with Crippen molar-refractivity contribution in [1.82, 2.24) is 0 Å². The van der Waals surface area contributed by atoms with Crippen molar-refractivity contribution in [2.75, 3.05) is 4.90 Å². The van der Waals surface area contributed by atoms with Crippen molar-refractivity contribution in [2.24, 2.45) is 0 Å². The van der Waals surface area contributed by atoms with Crippen molar-refractivity contribution in [3.05, 3.63) is 53.7 Å². The third kappa shape index (κ3) is 2.56. The summed E-state index contributed by atoms with van der Waals surface area (Å²) < 4.78 is 19.7. The molecular weight excluding hydrogens is 257 g/mol. The van der Waals surface area contributed by atoms with Crippen LogP contribution in [-0.2, 0) is 6.54 Å². The van der Waals surface area contributed by atoms with Crippen LogP contribution in [0, 0.1) is 5.82 Å². The van der Waals surface area contributed by atoms with Gasteiger partial charge in [-0.2, -0.15) is 0 Å². The first-order valence-electron chi connectivity index (χ1n) is 6.92. The van der Waals surface area contributed by atoms with Crippen molar-refractivity contribution in [2.45, 2.75) is 38.5 Å². The minimum absolute atomic E-state index is 0.290. The summed E-state index contributed by atoms with van der Waals surface area (Å²) in [5.41, 5.74) is 1.13. The van der Waals surface area contributed by atoms with Crippen LogP contribution in [0.25, 0.3) is 0 Å². The predicted molar refractivity (Wildman–Crippen MR) is 74.9 cm³/mol.